The van der Waals surface area contributed by atoms with Gasteiger partial charge in [0.2, 0.25) is 0 Å². The Morgan fingerprint density at radius 1 is 1.24 bits per heavy atom. The number of carbonyl (C=O) groups is 1. The van der Waals surface area contributed by atoms with Crippen LogP contribution >= 0.6 is 0 Å². The first-order valence-corrected chi connectivity index (χ1v) is 10.7. The van der Waals surface area contributed by atoms with Crippen LogP contribution < -0.4 is 0 Å². The highest BCUT2D eigenvalue weighted by Gasteiger charge is 2.23. The lowest BCUT2D eigenvalue weighted by molar-refractivity contribution is 0.0695. The molecule has 0 N–H and O–H groups in total. The van der Waals surface area contributed by atoms with Gasteiger partial charge in [-0.05, 0) is 56.4 Å². The molecule has 5 nitrogen and oxygen atoms in total. The number of fused-ring (bicyclic) bond motifs is 1. The highest BCUT2D eigenvalue weighted by atomic mass is 16.4. The molecule has 2 heterocycles. The van der Waals surface area contributed by atoms with Crippen LogP contribution in [0.2, 0.25) is 0 Å². The highest BCUT2D eigenvalue weighted by Crippen LogP contribution is 2.21. The minimum Gasteiger partial charge on any atom is -0.456 e. The molecule has 0 aliphatic rings. The molecular weight excluding hydrogens is 362 g/mol. The monoisotopic (exact) mass is 395 g/mol. The van der Waals surface area contributed by atoms with Crippen molar-refractivity contribution in [3.05, 3.63) is 53.2 Å². The van der Waals surface area contributed by atoms with Crippen LogP contribution in [0.4, 0.5) is 0 Å². The number of carbonyl (C=O) groups excluding carboxylic acids is 1. The van der Waals surface area contributed by atoms with E-state index in [9.17, 15) is 4.79 Å². The van der Waals surface area contributed by atoms with Gasteiger partial charge in [-0.2, -0.15) is 0 Å². The molecule has 0 aliphatic heterocycles. The van der Waals surface area contributed by atoms with Crippen molar-refractivity contribution in [1.82, 2.24) is 14.5 Å². The van der Waals surface area contributed by atoms with Crippen molar-refractivity contribution in [3.63, 3.8) is 0 Å². The Morgan fingerprint density at radius 3 is 2.66 bits per heavy atom. The van der Waals surface area contributed by atoms with Crippen LogP contribution in [0, 0.1) is 19.8 Å². The van der Waals surface area contributed by atoms with Crippen LogP contribution in [0.25, 0.3) is 11.0 Å². The Kier molecular flexibility index (Phi) is 6.78. The summed E-state index contributed by atoms with van der Waals surface area (Å²) in [5.74, 6) is 2.62. The number of hydrogen-bond donors (Lipinski definition) is 0. The predicted octanol–water partition coefficient (Wildman–Crippen LogP) is 5.73. The summed E-state index contributed by atoms with van der Waals surface area (Å²) in [6.07, 6.45) is 3.15. The van der Waals surface area contributed by atoms with Crippen molar-refractivity contribution < 1.29 is 9.21 Å². The number of aromatic nitrogens is 2. The fraction of sp³-hybridized carbons (Fsp3) is 0.500. The predicted molar refractivity (Wildman–Crippen MR) is 117 cm³/mol. The topological polar surface area (TPSA) is 51.3 Å². The molecule has 2 aromatic heterocycles. The molecule has 5 heteroatoms. The minimum atomic E-state index is -0.0593. The number of furan rings is 1. The SMILES string of the molecule is CCCCn1c(CN(CCC(C)C)C(=O)c2cc(C)c(C)o2)nc2ccccc21. The van der Waals surface area contributed by atoms with Gasteiger partial charge in [0.15, 0.2) is 5.76 Å². The fourth-order valence-electron chi connectivity index (χ4n) is 3.48. The fourth-order valence-corrected chi connectivity index (χ4v) is 3.48. The van der Waals surface area contributed by atoms with Crippen LogP contribution in [0.15, 0.2) is 34.7 Å². The molecule has 156 valence electrons. The third kappa shape index (κ3) is 4.89. The second kappa shape index (κ2) is 9.29. The summed E-state index contributed by atoms with van der Waals surface area (Å²) in [6.45, 7) is 12.5. The Balaban J connectivity index is 1.93. The number of imidazole rings is 1. The Bertz CT molecular complexity index is 948. The lowest BCUT2D eigenvalue weighted by atomic mass is 10.1. The van der Waals surface area contributed by atoms with Gasteiger partial charge in [-0.3, -0.25) is 4.79 Å². The van der Waals surface area contributed by atoms with Gasteiger partial charge in [0, 0.05) is 13.1 Å². The number of hydrogen-bond acceptors (Lipinski definition) is 3. The van der Waals surface area contributed by atoms with Gasteiger partial charge in [-0.1, -0.05) is 39.3 Å². The summed E-state index contributed by atoms with van der Waals surface area (Å²) in [6, 6.07) is 10.1. The van der Waals surface area contributed by atoms with Gasteiger partial charge in [-0.25, -0.2) is 4.98 Å². The smallest absolute Gasteiger partial charge is 0.289 e. The summed E-state index contributed by atoms with van der Waals surface area (Å²) in [7, 11) is 0. The average molecular weight is 396 g/mol. The van der Waals surface area contributed by atoms with Crippen LogP contribution in [-0.2, 0) is 13.1 Å². The summed E-state index contributed by atoms with van der Waals surface area (Å²) < 4.78 is 8.01. The van der Waals surface area contributed by atoms with Crippen molar-refractivity contribution in [2.24, 2.45) is 5.92 Å². The molecule has 3 aromatic rings. The standard InChI is InChI=1S/C24H33N3O2/c1-6-7-13-27-21-11-9-8-10-20(21)25-23(27)16-26(14-12-17(2)3)24(28)22-15-18(4)19(5)29-22/h8-11,15,17H,6-7,12-14,16H2,1-5H3. The van der Waals surface area contributed by atoms with Gasteiger partial charge in [-0.15, -0.1) is 0 Å². The number of rotatable bonds is 9. The Labute approximate surface area is 173 Å². The third-order valence-corrected chi connectivity index (χ3v) is 5.44. The molecule has 0 spiro atoms. The molecule has 0 saturated heterocycles. The van der Waals surface area contributed by atoms with Gasteiger partial charge in [0.1, 0.15) is 11.6 Å². The van der Waals surface area contributed by atoms with Crippen molar-refractivity contribution >= 4 is 16.9 Å². The molecule has 29 heavy (non-hydrogen) atoms. The molecule has 1 aromatic carbocycles. The summed E-state index contributed by atoms with van der Waals surface area (Å²) in [5.41, 5.74) is 3.13. The lowest BCUT2D eigenvalue weighted by Gasteiger charge is -2.23. The van der Waals surface area contributed by atoms with Crippen LogP contribution in [-0.4, -0.2) is 26.9 Å². The zero-order valence-corrected chi connectivity index (χ0v) is 18.4. The van der Waals surface area contributed by atoms with E-state index in [1.165, 1.54) is 0 Å². The van der Waals surface area contributed by atoms with Gasteiger partial charge in [0.05, 0.1) is 17.6 Å². The number of aryl methyl sites for hydroxylation is 3. The first kappa shape index (κ1) is 21.2. The van der Waals surface area contributed by atoms with E-state index in [0.29, 0.717) is 24.8 Å². The zero-order chi connectivity index (χ0) is 21.0. The molecule has 0 unspecified atom stereocenters. The highest BCUT2D eigenvalue weighted by molar-refractivity contribution is 5.91. The molecule has 3 rings (SSSR count). The zero-order valence-electron chi connectivity index (χ0n) is 18.4. The maximum Gasteiger partial charge on any atom is 0.289 e. The van der Waals surface area contributed by atoms with E-state index in [2.05, 4.69) is 31.4 Å². The van der Waals surface area contributed by atoms with E-state index in [1.54, 1.807) is 0 Å². The van der Waals surface area contributed by atoms with Crippen LogP contribution in [0.1, 0.15) is 67.7 Å². The maximum absolute atomic E-state index is 13.3. The van der Waals surface area contributed by atoms with Gasteiger partial charge >= 0.3 is 0 Å². The summed E-state index contributed by atoms with van der Waals surface area (Å²) >= 11 is 0. The molecule has 1 amide bonds. The van der Waals surface area contributed by atoms with Crippen LogP contribution in [0.3, 0.4) is 0 Å². The quantitative estimate of drug-likeness (QED) is 0.464. The molecular formula is C24H33N3O2. The Morgan fingerprint density at radius 2 is 2.00 bits per heavy atom. The summed E-state index contributed by atoms with van der Waals surface area (Å²) in [4.78, 5) is 20.0. The van der Waals surface area contributed by atoms with Crippen molar-refractivity contribution in [2.45, 2.75) is 67.0 Å². The number of para-hydroxylation sites is 2. The third-order valence-electron chi connectivity index (χ3n) is 5.44. The first-order valence-electron chi connectivity index (χ1n) is 10.7. The first-order chi connectivity index (χ1) is 13.9. The second-order valence-corrected chi connectivity index (χ2v) is 8.28. The van der Waals surface area contributed by atoms with E-state index in [0.717, 1.165) is 54.0 Å². The van der Waals surface area contributed by atoms with Crippen LogP contribution in [0.5, 0.6) is 0 Å². The molecule has 0 bridgehead atoms. The van der Waals surface area contributed by atoms with E-state index >= 15 is 0 Å². The summed E-state index contributed by atoms with van der Waals surface area (Å²) in [5, 5.41) is 0. The van der Waals surface area contributed by atoms with Gasteiger partial charge in [0.25, 0.3) is 5.91 Å². The Hall–Kier alpha value is -2.56. The van der Waals surface area contributed by atoms with E-state index in [1.807, 2.05) is 43.0 Å². The number of amides is 1. The van der Waals surface area contributed by atoms with Gasteiger partial charge < -0.3 is 13.9 Å². The van der Waals surface area contributed by atoms with E-state index in [4.69, 9.17) is 9.40 Å². The van der Waals surface area contributed by atoms with Crippen molar-refractivity contribution in [1.29, 1.82) is 0 Å². The van der Waals surface area contributed by atoms with Crippen molar-refractivity contribution in [3.8, 4) is 0 Å². The normalized spacial score (nSPS) is 11.5. The molecule has 0 radical (unpaired) electrons. The van der Waals surface area contributed by atoms with E-state index in [-0.39, 0.29) is 5.91 Å². The van der Waals surface area contributed by atoms with E-state index < -0.39 is 0 Å². The maximum atomic E-state index is 13.3. The number of unbranched alkanes of at least 4 members (excludes halogenated alkanes) is 1. The number of benzene rings is 1. The largest absolute Gasteiger partial charge is 0.456 e. The number of nitrogens with zero attached hydrogens (tertiary/aromatic N) is 3. The lowest BCUT2D eigenvalue weighted by Crippen LogP contribution is -2.33. The molecule has 0 atom stereocenters. The average Bonchev–Trinajstić information content (AvgIpc) is 3.22. The van der Waals surface area contributed by atoms with Crippen molar-refractivity contribution in [2.75, 3.05) is 6.54 Å². The molecule has 0 aliphatic carbocycles. The minimum absolute atomic E-state index is 0.0593. The molecule has 0 saturated carbocycles. The molecule has 0 fully saturated rings. The second-order valence-electron chi connectivity index (χ2n) is 8.28.